The molecule has 0 atom stereocenters. The summed E-state index contributed by atoms with van der Waals surface area (Å²) in [6.45, 7) is 24.8. The van der Waals surface area contributed by atoms with Gasteiger partial charge in [0.05, 0.1) is 0 Å². The maximum atomic E-state index is 8.92. The first-order chi connectivity index (χ1) is 13.2. The molecule has 0 saturated carbocycles. The van der Waals surface area contributed by atoms with E-state index in [1.165, 1.54) is 18.3 Å². The Kier molecular flexibility index (Phi) is 37.0. The summed E-state index contributed by atoms with van der Waals surface area (Å²) in [5.74, 6) is 0. The minimum Gasteiger partial charge on any atom is -0.541 e. The molecule has 0 amide bonds. The number of hydrogen-bond acceptors (Lipinski definition) is 3. The van der Waals surface area contributed by atoms with Gasteiger partial charge in [0.25, 0.3) is 0 Å². The predicted molar refractivity (Wildman–Crippen MR) is 135 cm³/mol. The van der Waals surface area contributed by atoms with Crippen LogP contribution in [-0.2, 0) is 4.79 Å². The van der Waals surface area contributed by atoms with Gasteiger partial charge in [0, 0.05) is 11.9 Å². The molecule has 0 heterocycles. The van der Waals surface area contributed by atoms with Crippen LogP contribution in [0.25, 0.3) is 0 Å². The molecular formula is C26H46N2OU. The van der Waals surface area contributed by atoms with Crippen LogP contribution in [0.4, 0.5) is 0 Å². The van der Waals surface area contributed by atoms with Crippen molar-refractivity contribution in [3.05, 3.63) is 66.8 Å². The van der Waals surface area contributed by atoms with E-state index in [2.05, 4.69) is 58.7 Å². The molecule has 0 spiro atoms. The summed E-state index contributed by atoms with van der Waals surface area (Å²) in [7, 11) is 0. The maximum absolute atomic E-state index is 8.92. The van der Waals surface area contributed by atoms with Crippen molar-refractivity contribution < 1.29 is 35.9 Å². The van der Waals surface area contributed by atoms with Crippen molar-refractivity contribution in [1.29, 1.82) is 0 Å². The third-order valence-electron chi connectivity index (χ3n) is 3.61. The fourth-order valence-corrected chi connectivity index (χ4v) is 1.98. The van der Waals surface area contributed by atoms with Gasteiger partial charge in [-0.3, -0.25) is 11.3 Å². The average molecular weight is 641 g/mol. The van der Waals surface area contributed by atoms with Crippen molar-refractivity contribution in [3.8, 4) is 0 Å². The molecule has 0 rings (SSSR count). The molecule has 0 aliphatic carbocycles. The van der Waals surface area contributed by atoms with E-state index >= 15 is 0 Å². The third kappa shape index (κ3) is 23.3. The van der Waals surface area contributed by atoms with Gasteiger partial charge in [-0.05, 0) is 57.3 Å². The molecule has 4 heteroatoms. The number of carbonyl (C=O) groups excluding carboxylic acids is 1. The van der Waals surface area contributed by atoms with Gasteiger partial charge in [0.15, 0.2) is 0 Å². The topological polar surface area (TPSA) is 55.4 Å². The molecule has 0 aromatic carbocycles. The summed E-state index contributed by atoms with van der Waals surface area (Å²) >= 11 is 0. The average Bonchev–Trinajstić information content (AvgIpc) is 2.67. The SMILES string of the molecule is C=C(C)\C(C)=C/N=C(CCC)\C(=C\C=C(\C)CCC)C(=C)C.CC.NC[C-]=O.[CH3-].[U+2]. The van der Waals surface area contributed by atoms with Gasteiger partial charge in [-0.2, -0.15) is 0 Å². The van der Waals surface area contributed by atoms with Gasteiger partial charge in [0.1, 0.15) is 0 Å². The van der Waals surface area contributed by atoms with Gasteiger partial charge >= 0.3 is 31.1 Å². The fourth-order valence-electron chi connectivity index (χ4n) is 1.98. The van der Waals surface area contributed by atoms with E-state index in [4.69, 9.17) is 9.79 Å². The predicted octanol–water partition coefficient (Wildman–Crippen LogP) is 7.49. The fraction of sp³-hybridized carbons (Fsp3) is 0.500. The van der Waals surface area contributed by atoms with E-state index < -0.39 is 0 Å². The number of allylic oxidation sites excluding steroid dienone is 7. The second-order valence-corrected chi connectivity index (χ2v) is 6.39. The van der Waals surface area contributed by atoms with Gasteiger partial charge in [-0.1, -0.05) is 77.0 Å². The van der Waals surface area contributed by atoms with Crippen LogP contribution >= 0.6 is 0 Å². The maximum Gasteiger partial charge on any atom is 2.00 e. The van der Waals surface area contributed by atoms with E-state index in [-0.39, 0.29) is 45.1 Å². The Morgan fingerprint density at radius 2 is 1.43 bits per heavy atom. The molecule has 0 fully saturated rings. The zero-order chi connectivity index (χ0) is 22.5. The molecule has 0 radical (unpaired) electrons. The minimum atomic E-state index is 0. The Morgan fingerprint density at radius 1 is 0.967 bits per heavy atom. The van der Waals surface area contributed by atoms with Crippen molar-refractivity contribution in [2.75, 3.05) is 6.54 Å². The Labute approximate surface area is 212 Å². The summed E-state index contributed by atoms with van der Waals surface area (Å²) in [6.07, 6.45) is 12.1. The first-order valence-electron chi connectivity index (χ1n) is 10.2. The second-order valence-electron chi connectivity index (χ2n) is 6.39. The number of aliphatic imine (C=N–C) groups is 1. The van der Waals surface area contributed by atoms with Crippen LogP contribution in [0.15, 0.2) is 64.4 Å². The zero-order valence-electron chi connectivity index (χ0n) is 21.1. The van der Waals surface area contributed by atoms with Crippen molar-refractivity contribution in [3.63, 3.8) is 0 Å². The molecule has 0 aliphatic rings. The normalized spacial score (nSPS) is 11.5. The summed E-state index contributed by atoms with van der Waals surface area (Å²) in [5.41, 5.74) is 11.5. The van der Waals surface area contributed by atoms with E-state index in [9.17, 15) is 0 Å². The minimum absolute atomic E-state index is 0. The van der Waals surface area contributed by atoms with Crippen LogP contribution in [0.3, 0.4) is 0 Å². The van der Waals surface area contributed by atoms with Crippen molar-refractivity contribution in [2.45, 2.75) is 81.1 Å². The quantitative estimate of drug-likeness (QED) is 0.153. The van der Waals surface area contributed by atoms with Gasteiger partial charge in [-0.25, -0.2) is 0 Å². The van der Waals surface area contributed by atoms with Crippen LogP contribution < -0.4 is 5.73 Å². The van der Waals surface area contributed by atoms with Crippen molar-refractivity contribution in [1.82, 2.24) is 0 Å². The molecule has 0 aromatic rings. The molecule has 0 saturated heterocycles. The molecule has 0 aliphatic heterocycles. The molecule has 2 N–H and O–H groups in total. The number of hydrogen-bond donors (Lipinski definition) is 1. The first-order valence-corrected chi connectivity index (χ1v) is 10.2. The van der Waals surface area contributed by atoms with Crippen LogP contribution in [0.1, 0.15) is 81.1 Å². The van der Waals surface area contributed by atoms with Crippen LogP contribution in [0, 0.1) is 38.5 Å². The second kappa shape index (κ2) is 28.1. The first kappa shape index (κ1) is 39.5. The standard InChI is InChI=1S/C21H33N.C2H4NO.C2H6.CH3.U/c1-9-11-18(7)13-14-20(17(5)6)21(12-10-2)22-15-19(8)16(3)4;3-1-2-4;1-2;;/h13-15H,3,5,9-12H2,1-2,4,6-8H3;1,3H2;1-2H3;1H3;/q;-1;;-1;+2/b18-13-,19-15-,20-14+,22-21-;;;;. The molecule has 0 aromatic heterocycles. The van der Waals surface area contributed by atoms with E-state index in [1.54, 1.807) is 0 Å². The molecule has 30 heavy (non-hydrogen) atoms. The summed E-state index contributed by atoms with van der Waals surface area (Å²) < 4.78 is 0. The number of nitrogens with zero attached hydrogens (tertiary/aromatic N) is 1. The molecule has 3 nitrogen and oxygen atoms in total. The van der Waals surface area contributed by atoms with Crippen molar-refractivity contribution in [2.24, 2.45) is 10.7 Å². The van der Waals surface area contributed by atoms with Gasteiger partial charge in [-0.15, -0.1) is 6.54 Å². The Bertz CT molecular complexity index is 582. The monoisotopic (exact) mass is 640 g/mol. The summed E-state index contributed by atoms with van der Waals surface area (Å²) in [5, 5.41) is 0. The van der Waals surface area contributed by atoms with Crippen LogP contribution in [0.2, 0.25) is 0 Å². The zero-order valence-corrected chi connectivity index (χ0v) is 25.3. The Morgan fingerprint density at radius 3 is 1.77 bits per heavy atom. The Hall–Kier alpha value is -0.948. The smallest absolute Gasteiger partial charge is 0.541 e. The van der Waals surface area contributed by atoms with Crippen molar-refractivity contribution >= 4 is 12.0 Å². The summed E-state index contributed by atoms with van der Waals surface area (Å²) in [6, 6.07) is 0. The molecule has 0 bridgehead atoms. The van der Waals surface area contributed by atoms with E-state index in [0.29, 0.717) is 0 Å². The molecule has 0 unspecified atom stereocenters. The number of rotatable bonds is 10. The number of nitrogens with two attached hydrogens (primary N) is 1. The van der Waals surface area contributed by atoms with E-state index in [1.807, 2.05) is 33.9 Å². The Balaban J connectivity index is -0.000000231. The van der Waals surface area contributed by atoms with Crippen LogP contribution in [0.5, 0.6) is 0 Å². The van der Waals surface area contributed by atoms with Gasteiger partial charge < -0.3 is 18.0 Å². The summed E-state index contributed by atoms with van der Waals surface area (Å²) in [4.78, 5) is 13.6. The van der Waals surface area contributed by atoms with Crippen LogP contribution in [-0.4, -0.2) is 18.5 Å². The third-order valence-corrected chi connectivity index (χ3v) is 3.61. The largest absolute Gasteiger partial charge is 2.00 e. The van der Waals surface area contributed by atoms with Gasteiger partial charge in [0.2, 0.25) is 0 Å². The molecular weight excluding hydrogens is 594 g/mol. The van der Waals surface area contributed by atoms with E-state index in [0.717, 1.165) is 47.3 Å². The molecule has 170 valence electrons.